The van der Waals surface area contributed by atoms with Crippen LogP contribution in [0.3, 0.4) is 0 Å². The maximum absolute atomic E-state index is 14.1. The van der Waals surface area contributed by atoms with Crippen molar-refractivity contribution in [2.24, 2.45) is 10.9 Å². The van der Waals surface area contributed by atoms with Gasteiger partial charge in [-0.3, -0.25) is 15.2 Å². The number of alkyl halides is 1. The largest absolute Gasteiger partial charge is 0.393 e. The third kappa shape index (κ3) is 2.12. The lowest BCUT2D eigenvalue weighted by Crippen LogP contribution is -2.65. The molecule has 2 saturated heterocycles. The van der Waals surface area contributed by atoms with E-state index in [1.165, 1.54) is 11.9 Å². The number of hydrogen-bond acceptors (Lipinski definition) is 5. The van der Waals surface area contributed by atoms with E-state index in [0.717, 1.165) is 0 Å². The minimum absolute atomic E-state index is 0.0211. The van der Waals surface area contributed by atoms with Crippen LogP contribution < -0.4 is 5.32 Å². The fraction of sp³-hybridized carbons (Fsp3) is 0.857. The molecule has 2 fully saturated rings. The molecule has 2 aliphatic rings. The third-order valence-electron chi connectivity index (χ3n) is 5.35. The highest BCUT2D eigenvalue weighted by Crippen LogP contribution is 2.51. The molecule has 22 heavy (non-hydrogen) atoms. The topological polar surface area (TPSA) is 94.4 Å². The molecule has 126 valence electrons. The number of carbonyl (C=O) groups is 1. The van der Waals surface area contributed by atoms with E-state index in [9.17, 15) is 19.4 Å². The van der Waals surface area contributed by atoms with Crippen molar-refractivity contribution in [1.29, 1.82) is 0 Å². The lowest BCUT2D eigenvalue weighted by atomic mass is 9.76. The second kappa shape index (κ2) is 5.14. The first-order chi connectivity index (χ1) is 10.0. The Morgan fingerprint density at radius 2 is 2.09 bits per heavy atom. The predicted molar refractivity (Wildman–Crippen MR) is 78.3 cm³/mol. The van der Waals surface area contributed by atoms with Crippen LogP contribution in [0.15, 0.2) is 4.99 Å². The van der Waals surface area contributed by atoms with Gasteiger partial charge in [-0.25, -0.2) is 9.18 Å². The highest BCUT2D eigenvalue weighted by atomic mass is 19.1. The van der Waals surface area contributed by atoms with Gasteiger partial charge < -0.3 is 14.9 Å². The number of aliphatic hydroxyl groups is 2. The quantitative estimate of drug-likeness (QED) is 0.681. The van der Waals surface area contributed by atoms with Crippen molar-refractivity contribution in [3.63, 3.8) is 0 Å². The summed E-state index contributed by atoms with van der Waals surface area (Å²) < 4.78 is 20.0. The van der Waals surface area contributed by atoms with Gasteiger partial charge in [-0.1, -0.05) is 6.92 Å². The smallest absolute Gasteiger partial charge is 0.325 e. The zero-order chi connectivity index (χ0) is 16.9. The lowest BCUT2D eigenvalue weighted by molar-refractivity contribution is -0.191. The zero-order valence-corrected chi connectivity index (χ0v) is 13.6. The molecule has 0 saturated carbocycles. The summed E-state index contributed by atoms with van der Waals surface area (Å²) in [7, 11) is 1.40. The van der Waals surface area contributed by atoms with Crippen LogP contribution in [0.2, 0.25) is 0 Å². The SMILES string of the molecule is CN=C1NC(=O)N(C2(C)OC(C)(CO)C(C)(O)C2C)CC1F. The van der Waals surface area contributed by atoms with Crippen LogP contribution in [-0.2, 0) is 4.74 Å². The van der Waals surface area contributed by atoms with Crippen LogP contribution in [0.1, 0.15) is 27.7 Å². The summed E-state index contributed by atoms with van der Waals surface area (Å²) in [5.74, 6) is -0.567. The standard InChI is InChI=1S/C14H24FN3O4/c1-8-13(3,21)12(2,7-19)22-14(8,4)18-6-9(15)10(16-5)17-11(18)20/h8-9,19,21H,6-7H2,1-5H3,(H,16,17,20). The molecule has 0 bridgehead atoms. The minimum atomic E-state index is -1.46. The molecule has 0 aromatic heterocycles. The number of amidine groups is 1. The maximum atomic E-state index is 14.1. The van der Waals surface area contributed by atoms with Gasteiger partial charge >= 0.3 is 6.03 Å². The highest BCUT2D eigenvalue weighted by molar-refractivity contribution is 6.02. The molecular weight excluding hydrogens is 293 g/mol. The molecule has 8 heteroatoms. The lowest BCUT2D eigenvalue weighted by Gasteiger charge is -2.44. The molecule has 2 amide bonds. The van der Waals surface area contributed by atoms with Crippen molar-refractivity contribution in [2.45, 2.75) is 50.8 Å². The fourth-order valence-corrected chi connectivity index (χ4v) is 3.27. The summed E-state index contributed by atoms with van der Waals surface area (Å²) in [6.07, 6.45) is -1.46. The van der Waals surface area contributed by atoms with E-state index in [-0.39, 0.29) is 12.4 Å². The van der Waals surface area contributed by atoms with E-state index in [0.29, 0.717) is 0 Å². The van der Waals surface area contributed by atoms with Crippen molar-refractivity contribution < 1.29 is 24.1 Å². The van der Waals surface area contributed by atoms with E-state index in [1.54, 1.807) is 27.7 Å². The van der Waals surface area contributed by atoms with Crippen LogP contribution in [0.5, 0.6) is 0 Å². The Bertz CT molecular complexity index is 510. The van der Waals surface area contributed by atoms with Gasteiger partial charge in [-0.15, -0.1) is 0 Å². The second-order valence-corrected chi connectivity index (χ2v) is 6.53. The summed E-state index contributed by atoms with van der Waals surface area (Å²) in [6.45, 7) is 5.81. The van der Waals surface area contributed by atoms with E-state index in [4.69, 9.17) is 4.74 Å². The average Bonchev–Trinajstić information content (AvgIpc) is 2.60. The van der Waals surface area contributed by atoms with Gasteiger partial charge in [0.05, 0.1) is 18.8 Å². The number of hydrogen-bond donors (Lipinski definition) is 3. The Labute approximate surface area is 129 Å². The monoisotopic (exact) mass is 317 g/mol. The minimum Gasteiger partial charge on any atom is -0.393 e. The Morgan fingerprint density at radius 3 is 2.55 bits per heavy atom. The molecule has 0 aliphatic carbocycles. The summed E-state index contributed by atoms with van der Waals surface area (Å²) in [5.41, 5.74) is -3.90. The summed E-state index contributed by atoms with van der Waals surface area (Å²) >= 11 is 0. The van der Waals surface area contributed by atoms with Crippen LogP contribution >= 0.6 is 0 Å². The van der Waals surface area contributed by atoms with Crippen molar-refractivity contribution >= 4 is 11.9 Å². The first-order valence-corrected chi connectivity index (χ1v) is 7.26. The van der Waals surface area contributed by atoms with E-state index in [1.807, 2.05) is 0 Å². The number of carbonyl (C=O) groups excluding carboxylic acids is 1. The Morgan fingerprint density at radius 1 is 1.50 bits per heavy atom. The van der Waals surface area contributed by atoms with Crippen LogP contribution in [-0.4, -0.2) is 70.3 Å². The Kier molecular flexibility index (Phi) is 4.00. The van der Waals surface area contributed by atoms with Gasteiger partial charge in [0.2, 0.25) is 0 Å². The molecule has 5 atom stereocenters. The first kappa shape index (κ1) is 17.1. The average molecular weight is 317 g/mol. The van der Waals surface area contributed by atoms with Gasteiger partial charge in [0, 0.05) is 13.0 Å². The number of halogens is 1. The highest BCUT2D eigenvalue weighted by Gasteiger charge is 2.66. The van der Waals surface area contributed by atoms with Gasteiger partial charge in [-0.2, -0.15) is 0 Å². The van der Waals surface area contributed by atoms with Crippen molar-refractivity contribution in [3.05, 3.63) is 0 Å². The predicted octanol–water partition coefficient (Wildman–Crippen LogP) is 0.262. The summed E-state index contributed by atoms with van der Waals surface area (Å²) in [6, 6.07) is -0.540. The number of nitrogens with one attached hydrogen (secondary N) is 1. The Balaban J connectivity index is 2.38. The number of amides is 2. The molecule has 0 spiro atoms. The molecule has 3 N–H and O–H groups in total. The summed E-state index contributed by atoms with van der Waals surface area (Å²) in [4.78, 5) is 17.2. The molecule has 0 aromatic carbocycles. The van der Waals surface area contributed by atoms with Crippen LogP contribution in [0, 0.1) is 5.92 Å². The molecule has 7 nitrogen and oxygen atoms in total. The maximum Gasteiger partial charge on any atom is 0.325 e. The normalized spacial score (nSPS) is 47.9. The van der Waals surface area contributed by atoms with E-state index >= 15 is 0 Å². The molecule has 2 heterocycles. The van der Waals surface area contributed by atoms with Crippen molar-refractivity contribution in [2.75, 3.05) is 20.2 Å². The van der Waals surface area contributed by atoms with E-state index < -0.39 is 41.7 Å². The fourth-order valence-electron chi connectivity index (χ4n) is 3.27. The molecule has 5 unspecified atom stereocenters. The number of urea groups is 1. The van der Waals surface area contributed by atoms with Gasteiger partial charge in [0.15, 0.2) is 6.17 Å². The van der Waals surface area contributed by atoms with Gasteiger partial charge in [0.25, 0.3) is 0 Å². The van der Waals surface area contributed by atoms with Crippen LogP contribution in [0.25, 0.3) is 0 Å². The molecule has 2 aliphatic heterocycles. The Hall–Kier alpha value is -1.25. The number of rotatable bonds is 2. The molecule has 2 rings (SSSR count). The number of aliphatic imine (C=N–C) groups is 1. The molecule has 0 radical (unpaired) electrons. The molecule has 0 aromatic rings. The zero-order valence-electron chi connectivity index (χ0n) is 13.6. The first-order valence-electron chi connectivity index (χ1n) is 7.26. The molecular formula is C14H24FN3O4. The second-order valence-electron chi connectivity index (χ2n) is 6.53. The number of ether oxygens (including phenoxy) is 1. The van der Waals surface area contributed by atoms with Crippen molar-refractivity contribution in [3.8, 4) is 0 Å². The van der Waals surface area contributed by atoms with Crippen LogP contribution in [0.4, 0.5) is 9.18 Å². The van der Waals surface area contributed by atoms with Gasteiger partial charge in [0.1, 0.15) is 17.2 Å². The number of aliphatic hydroxyl groups excluding tert-OH is 1. The van der Waals surface area contributed by atoms with Crippen molar-refractivity contribution in [1.82, 2.24) is 10.2 Å². The van der Waals surface area contributed by atoms with Gasteiger partial charge in [-0.05, 0) is 20.8 Å². The van der Waals surface area contributed by atoms with E-state index in [2.05, 4.69) is 10.3 Å². The number of nitrogens with zero attached hydrogens (tertiary/aromatic N) is 2. The summed E-state index contributed by atoms with van der Waals surface area (Å²) in [5, 5.41) is 22.7. The third-order valence-corrected chi connectivity index (χ3v) is 5.35.